The Bertz CT molecular complexity index is 702. The minimum Gasteiger partial charge on any atom is -0.487 e. The van der Waals surface area contributed by atoms with Crippen LogP contribution in [0.5, 0.6) is 5.75 Å². The molecule has 2 atom stereocenters. The van der Waals surface area contributed by atoms with Gasteiger partial charge in [0.2, 0.25) is 0 Å². The zero-order valence-corrected chi connectivity index (χ0v) is 16.8. The molecule has 0 radical (unpaired) electrons. The summed E-state index contributed by atoms with van der Waals surface area (Å²) in [4.78, 5) is 15.8. The zero-order chi connectivity index (χ0) is 20.1. The number of fused-ring (bicyclic) bond motifs is 2. The summed E-state index contributed by atoms with van der Waals surface area (Å²) in [6.07, 6.45) is -0.598. The molecule has 0 fully saturated rings. The van der Waals surface area contributed by atoms with Crippen LogP contribution in [-0.4, -0.2) is 40.2 Å². The average Bonchev–Trinajstić information content (AvgIpc) is 3.03. The predicted molar refractivity (Wildman–Crippen MR) is 99.2 cm³/mol. The third-order valence-electron chi connectivity index (χ3n) is 5.64. The first-order chi connectivity index (χ1) is 12.4. The van der Waals surface area contributed by atoms with Gasteiger partial charge in [-0.15, -0.1) is 10.1 Å². The fourth-order valence-electron chi connectivity index (χ4n) is 4.16. The van der Waals surface area contributed by atoms with Crippen molar-refractivity contribution in [2.45, 2.75) is 77.3 Å². The maximum absolute atomic E-state index is 10.9. The smallest absolute Gasteiger partial charge is 0.294 e. The van der Waals surface area contributed by atoms with Gasteiger partial charge in [-0.1, -0.05) is 13.8 Å². The van der Waals surface area contributed by atoms with Gasteiger partial charge < -0.3 is 20.1 Å². The summed E-state index contributed by atoms with van der Waals surface area (Å²) in [5, 5.41) is 25.4. The molecular formula is C19H29N3O5. The second kappa shape index (κ2) is 6.61. The van der Waals surface area contributed by atoms with Crippen LogP contribution in [-0.2, 0) is 22.3 Å². The van der Waals surface area contributed by atoms with Crippen LogP contribution in [0.2, 0.25) is 0 Å². The van der Waals surface area contributed by atoms with E-state index in [4.69, 9.17) is 9.57 Å². The van der Waals surface area contributed by atoms with Gasteiger partial charge in [-0.3, -0.25) is 0 Å². The Morgan fingerprint density at radius 3 is 2.48 bits per heavy atom. The van der Waals surface area contributed by atoms with Crippen molar-refractivity contribution in [1.29, 1.82) is 0 Å². The molecule has 27 heavy (non-hydrogen) atoms. The molecule has 150 valence electrons. The van der Waals surface area contributed by atoms with E-state index in [9.17, 15) is 15.3 Å². The van der Waals surface area contributed by atoms with Crippen molar-refractivity contribution in [3.05, 3.63) is 38.9 Å². The van der Waals surface area contributed by atoms with E-state index >= 15 is 0 Å². The molecule has 0 bridgehead atoms. The highest BCUT2D eigenvalue weighted by Gasteiger charge is 2.50. The van der Waals surface area contributed by atoms with Gasteiger partial charge in [0.05, 0.1) is 11.1 Å². The molecule has 0 saturated heterocycles. The Morgan fingerprint density at radius 2 is 1.93 bits per heavy atom. The van der Waals surface area contributed by atoms with Gasteiger partial charge in [-0.25, -0.2) is 0 Å². The van der Waals surface area contributed by atoms with Crippen molar-refractivity contribution in [2.75, 3.05) is 6.54 Å². The van der Waals surface area contributed by atoms with Crippen molar-refractivity contribution in [2.24, 2.45) is 0 Å². The molecule has 0 amide bonds. The van der Waals surface area contributed by atoms with Crippen molar-refractivity contribution in [1.82, 2.24) is 10.4 Å². The molecule has 2 unspecified atom stereocenters. The second-order valence-electron chi connectivity index (χ2n) is 8.73. The topological polar surface area (TPSA) is 97.1 Å². The SMILES string of the molecule is CC(C)NCC(O[N+](=O)[O-])C1Cc2cc3c(cc2O1)C(C)(C)N(O)C3(C)C. The monoisotopic (exact) mass is 379 g/mol. The van der Waals surface area contributed by atoms with Crippen LogP contribution in [0.25, 0.3) is 0 Å². The van der Waals surface area contributed by atoms with E-state index in [1.807, 2.05) is 47.6 Å². The summed E-state index contributed by atoms with van der Waals surface area (Å²) in [6, 6.07) is 4.20. The number of hydroxylamine groups is 2. The van der Waals surface area contributed by atoms with Crippen LogP contribution in [0.4, 0.5) is 0 Å². The first kappa shape index (κ1) is 19.9. The van der Waals surface area contributed by atoms with Gasteiger partial charge in [-0.05, 0) is 56.5 Å². The Morgan fingerprint density at radius 1 is 1.33 bits per heavy atom. The fraction of sp³-hybridized carbons (Fsp3) is 0.684. The molecule has 0 saturated carbocycles. The zero-order valence-electron chi connectivity index (χ0n) is 16.8. The molecule has 0 aromatic heterocycles. The lowest BCUT2D eigenvalue weighted by Gasteiger charge is -2.34. The number of hydrogen-bond donors (Lipinski definition) is 2. The van der Waals surface area contributed by atoms with Gasteiger partial charge >= 0.3 is 0 Å². The molecule has 2 aliphatic heterocycles. The molecule has 2 aliphatic rings. The normalized spacial score (nSPS) is 23.6. The summed E-state index contributed by atoms with van der Waals surface area (Å²) in [6.45, 7) is 12.2. The Balaban J connectivity index is 1.88. The molecule has 8 heteroatoms. The lowest BCUT2D eigenvalue weighted by atomic mass is 9.88. The Kier molecular flexibility index (Phi) is 4.86. The standard InChI is InChI=1S/C19H29N3O5/c1-11(2)20-10-17(27-22(24)25)16-8-12-7-13-14(9-15(12)26-16)19(5,6)21(23)18(13,3)4/h7,9,11,16-17,20,23H,8,10H2,1-6H3. The van der Waals surface area contributed by atoms with Gasteiger partial charge in [0, 0.05) is 19.0 Å². The molecule has 8 nitrogen and oxygen atoms in total. The first-order valence-electron chi connectivity index (χ1n) is 9.33. The van der Waals surface area contributed by atoms with E-state index in [0.29, 0.717) is 18.7 Å². The molecule has 0 spiro atoms. The van der Waals surface area contributed by atoms with Crippen LogP contribution >= 0.6 is 0 Å². The highest BCUT2D eigenvalue weighted by Crippen LogP contribution is 2.50. The number of rotatable bonds is 6. The number of nitrogens with zero attached hydrogens (tertiary/aromatic N) is 2. The molecular weight excluding hydrogens is 350 g/mol. The maximum atomic E-state index is 10.9. The van der Waals surface area contributed by atoms with Gasteiger partial charge in [0.1, 0.15) is 11.9 Å². The molecule has 1 aromatic carbocycles. The molecule has 2 heterocycles. The van der Waals surface area contributed by atoms with Gasteiger partial charge in [-0.2, -0.15) is 5.06 Å². The average molecular weight is 379 g/mol. The maximum Gasteiger partial charge on any atom is 0.294 e. The third-order valence-corrected chi connectivity index (χ3v) is 5.64. The number of nitrogens with one attached hydrogen (secondary N) is 1. The fourth-order valence-corrected chi connectivity index (χ4v) is 4.16. The van der Waals surface area contributed by atoms with Crippen LogP contribution in [0, 0.1) is 10.1 Å². The van der Waals surface area contributed by atoms with Crippen LogP contribution in [0.3, 0.4) is 0 Å². The van der Waals surface area contributed by atoms with Crippen LogP contribution in [0.15, 0.2) is 12.1 Å². The minimum atomic E-state index is -0.755. The van der Waals surface area contributed by atoms with Crippen molar-refractivity contribution in [3.8, 4) is 5.75 Å². The van der Waals surface area contributed by atoms with E-state index in [1.165, 1.54) is 5.06 Å². The summed E-state index contributed by atoms with van der Waals surface area (Å²) >= 11 is 0. The van der Waals surface area contributed by atoms with Crippen molar-refractivity contribution < 1.29 is 19.9 Å². The molecule has 0 aliphatic carbocycles. The number of hydrogen-bond acceptors (Lipinski definition) is 7. The van der Waals surface area contributed by atoms with E-state index in [-0.39, 0.29) is 6.04 Å². The Hall–Kier alpha value is -1.90. The van der Waals surface area contributed by atoms with Crippen molar-refractivity contribution in [3.63, 3.8) is 0 Å². The summed E-state index contributed by atoms with van der Waals surface area (Å²) in [5.41, 5.74) is 1.96. The summed E-state index contributed by atoms with van der Waals surface area (Å²) in [5.74, 6) is 0.708. The number of ether oxygens (including phenoxy) is 1. The molecule has 1 aromatic rings. The van der Waals surface area contributed by atoms with Crippen LogP contribution in [0.1, 0.15) is 58.2 Å². The molecule has 3 rings (SSSR count). The van der Waals surface area contributed by atoms with E-state index < -0.39 is 28.4 Å². The highest BCUT2D eigenvalue weighted by molar-refractivity contribution is 5.52. The van der Waals surface area contributed by atoms with Gasteiger partial charge in [0.25, 0.3) is 5.09 Å². The largest absolute Gasteiger partial charge is 0.487 e. The van der Waals surface area contributed by atoms with E-state index in [2.05, 4.69) is 11.4 Å². The summed E-state index contributed by atoms with van der Waals surface area (Å²) < 4.78 is 6.05. The Labute approximate surface area is 159 Å². The predicted octanol–water partition coefficient (Wildman–Crippen LogP) is 2.74. The quantitative estimate of drug-likeness (QED) is 0.579. The highest BCUT2D eigenvalue weighted by atomic mass is 17.0. The van der Waals surface area contributed by atoms with E-state index in [0.717, 1.165) is 16.7 Å². The van der Waals surface area contributed by atoms with Crippen LogP contribution < -0.4 is 10.1 Å². The lowest BCUT2D eigenvalue weighted by molar-refractivity contribution is -0.769. The van der Waals surface area contributed by atoms with Gasteiger partial charge in [0.15, 0.2) is 6.10 Å². The number of benzene rings is 1. The third kappa shape index (κ3) is 3.37. The lowest BCUT2D eigenvalue weighted by Crippen LogP contribution is -2.44. The van der Waals surface area contributed by atoms with Crippen molar-refractivity contribution >= 4 is 0 Å². The first-order valence-corrected chi connectivity index (χ1v) is 9.33. The second-order valence-corrected chi connectivity index (χ2v) is 8.73. The van der Waals surface area contributed by atoms with E-state index in [1.54, 1.807) is 0 Å². The summed E-state index contributed by atoms with van der Waals surface area (Å²) in [7, 11) is 0. The minimum absolute atomic E-state index is 0.188. The molecule has 2 N–H and O–H groups in total.